The van der Waals surface area contributed by atoms with E-state index in [0.29, 0.717) is 6.61 Å². The van der Waals surface area contributed by atoms with Gasteiger partial charge in [0.15, 0.2) is 12.1 Å². The van der Waals surface area contributed by atoms with Crippen LogP contribution in [0, 0.1) is 0 Å². The molecule has 0 bridgehead atoms. The predicted molar refractivity (Wildman–Crippen MR) is 81.4 cm³/mol. The van der Waals surface area contributed by atoms with Crippen LogP contribution in [0.2, 0.25) is 0 Å². The molecule has 0 amide bonds. The van der Waals surface area contributed by atoms with Gasteiger partial charge in [0.2, 0.25) is 0 Å². The molecule has 2 heterocycles. The van der Waals surface area contributed by atoms with Crippen molar-refractivity contribution in [3.05, 3.63) is 35.9 Å². The summed E-state index contributed by atoms with van der Waals surface area (Å²) >= 11 is 0. The quantitative estimate of drug-likeness (QED) is 0.847. The Kier molecular flexibility index (Phi) is 4.48. The van der Waals surface area contributed by atoms with Gasteiger partial charge in [-0.2, -0.15) is 0 Å². The number of hydrogen-bond acceptors (Lipinski definition) is 6. The Balaban J connectivity index is 1.81. The summed E-state index contributed by atoms with van der Waals surface area (Å²) in [6.45, 7) is 5.38. The maximum absolute atomic E-state index is 10.1. The van der Waals surface area contributed by atoms with E-state index >= 15 is 0 Å². The zero-order valence-electron chi connectivity index (χ0n) is 13.6. The number of aliphatic hydroxyl groups is 2. The van der Waals surface area contributed by atoms with Gasteiger partial charge in [-0.15, -0.1) is 0 Å². The average molecular weight is 324 g/mol. The van der Waals surface area contributed by atoms with Crippen LogP contribution in [0.1, 0.15) is 26.3 Å². The van der Waals surface area contributed by atoms with E-state index in [-0.39, 0.29) is 0 Å². The Labute approximate surface area is 135 Å². The van der Waals surface area contributed by atoms with Crippen LogP contribution in [0.3, 0.4) is 0 Å². The lowest BCUT2D eigenvalue weighted by Crippen LogP contribution is -2.53. The maximum Gasteiger partial charge on any atom is 0.190 e. The Morgan fingerprint density at radius 3 is 2.52 bits per heavy atom. The molecular formula is C17H24O6. The van der Waals surface area contributed by atoms with Crippen molar-refractivity contribution < 1.29 is 29.2 Å². The van der Waals surface area contributed by atoms with Crippen molar-refractivity contribution in [2.45, 2.75) is 63.4 Å². The highest BCUT2D eigenvalue weighted by Crippen LogP contribution is 2.46. The minimum Gasteiger partial charge on any atom is -0.394 e. The summed E-state index contributed by atoms with van der Waals surface area (Å²) in [6.07, 6.45) is -2.91. The highest BCUT2D eigenvalue weighted by Gasteiger charge is 2.63. The first-order valence-electron chi connectivity index (χ1n) is 7.83. The van der Waals surface area contributed by atoms with E-state index in [0.717, 1.165) is 5.56 Å². The van der Waals surface area contributed by atoms with Gasteiger partial charge in [0.25, 0.3) is 0 Å². The van der Waals surface area contributed by atoms with Gasteiger partial charge < -0.3 is 29.2 Å². The molecule has 0 aromatic heterocycles. The van der Waals surface area contributed by atoms with Crippen molar-refractivity contribution >= 4 is 0 Å². The van der Waals surface area contributed by atoms with Gasteiger partial charge in [-0.05, 0) is 26.3 Å². The molecule has 1 unspecified atom stereocenters. The Hall–Kier alpha value is -1.02. The normalized spacial score (nSPS) is 36.8. The summed E-state index contributed by atoms with van der Waals surface area (Å²) in [5.74, 6) is -0.776. The third kappa shape index (κ3) is 3.15. The fourth-order valence-corrected chi connectivity index (χ4v) is 3.20. The van der Waals surface area contributed by atoms with Gasteiger partial charge in [0.05, 0.1) is 13.2 Å². The van der Waals surface area contributed by atoms with E-state index < -0.39 is 42.6 Å². The Morgan fingerprint density at radius 1 is 1.17 bits per heavy atom. The predicted octanol–water partition coefficient (Wildman–Crippen LogP) is 1.19. The average Bonchev–Trinajstić information content (AvgIpc) is 2.98. The zero-order valence-corrected chi connectivity index (χ0v) is 13.6. The molecule has 3 rings (SSSR count). The minimum absolute atomic E-state index is 0.350. The summed E-state index contributed by atoms with van der Waals surface area (Å²) in [5.41, 5.74) is 0.0729. The van der Waals surface area contributed by atoms with Gasteiger partial charge in [-0.3, -0.25) is 0 Å². The first kappa shape index (κ1) is 16.8. The van der Waals surface area contributed by atoms with E-state index in [2.05, 4.69) is 0 Å². The Morgan fingerprint density at radius 2 is 1.87 bits per heavy atom. The smallest absolute Gasteiger partial charge is 0.190 e. The lowest BCUT2D eigenvalue weighted by Gasteiger charge is -2.36. The molecule has 1 aromatic rings. The summed E-state index contributed by atoms with van der Waals surface area (Å²) in [6, 6.07) is 9.74. The van der Waals surface area contributed by atoms with E-state index in [4.69, 9.17) is 18.9 Å². The number of rotatable bonds is 5. The molecule has 1 aromatic carbocycles. The number of benzene rings is 1. The van der Waals surface area contributed by atoms with Crippen molar-refractivity contribution in [2.75, 3.05) is 6.61 Å². The van der Waals surface area contributed by atoms with Gasteiger partial charge in [0, 0.05) is 0 Å². The molecule has 0 spiro atoms. The molecule has 23 heavy (non-hydrogen) atoms. The van der Waals surface area contributed by atoms with E-state index in [9.17, 15) is 10.2 Å². The van der Waals surface area contributed by atoms with Crippen LogP contribution in [-0.4, -0.2) is 52.8 Å². The third-order valence-corrected chi connectivity index (χ3v) is 4.40. The van der Waals surface area contributed by atoms with Crippen molar-refractivity contribution in [1.82, 2.24) is 0 Å². The van der Waals surface area contributed by atoms with Crippen LogP contribution >= 0.6 is 0 Å². The van der Waals surface area contributed by atoms with Gasteiger partial charge in [-0.25, -0.2) is 0 Å². The van der Waals surface area contributed by atoms with E-state index in [1.807, 2.05) is 51.1 Å². The lowest BCUT2D eigenvalue weighted by molar-refractivity contribution is -0.250. The van der Waals surface area contributed by atoms with Crippen molar-refractivity contribution in [2.24, 2.45) is 0 Å². The zero-order chi connectivity index (χ0) is 16.7. The highest BCUT2D eigenvalue weighted by molar-refractivity contribution is 5.14. The molecule has 6 nitrogen and oxygen atoms in total. The van der Waals surface area contributed by atoms with Gasteiger partial charge in [-0.1, -0.05) is 30.3 Å². The lowest BCUT2D eigenvalue weighted by atomic mass is 9.91. The van der Waals surface area contributed by atoms with E-state index in [1.54, 1.807) is 0 Å². The topological polar surface area (TPSA) is 77.4 Å². The molecule has 128 valence electrons. The fraction of sp³-hybridized carbons (Fsp3) is 0.647. The standard InChI is InChI=1S/C17H24O6/c1-16(2)22-14-15(23-16)21-13(12(19)9-18)17(14,3)20-10-11-7-5-4-6-8-11/h4-8,12-15,18-19H,9-10H2,1-3H3/t12-,13?,14+,15-,17-/m1/s1. The SMILES string of the molecule is CC1(C)O[C@H]2OC([C@H](O)CO)[C@@](C)(OCc3ccccc3)[C@H]2O1. The molecule has 0 saturated carbocycles. The second-order valence-corrected chi connectivity index (χ2v) is 6.69. The first-order valence-corrected chi connectivity index (χ1v) is 7.83. The largest absolute Gasteiger partial charge is 0.394 e. The van der Waals surface area contributed by atoms with Gasteiger partial charge in [0.1, 0.15) is 23.9 Å². The first-order chi connectivity index (χ1) is 10.9. The number of hydrogen-bond donors (Lipinski definition) is 2. The third-order valence-electron chi connectivity index (χ3n) is 4.40. The van der Waals surface area contributed by atoms with Crippen LogP contribution in [-0.2, 0) is 25.6 Å². The van der Waals surface area contributed by atoms with Crippen LogP contribution < -0.4 is 0 Å². The van der Waals surface area contributed by atoms with Gasteiger partial charge >= 0.3 is 0 Å². The monoisotopic (exact) mass is 324 g/mol. The molecule has 0 aliphatic carbocycles. The van der Waals surface area contributed by atoms with Crippen LogP contribution in [0.15, 0.2) is 30.3 Å². The fourth-order valence-electron chi connectivity index (χ4n) is 3.20. The van der Waals surface area contributed by atoms with Crippen LogP contribution in [0.5, 0.6) is 0 Å². The second kappa shape index (κ2) is 6.12. The van der Waals surface area contributed by atoms with Crippen LogP contribution in [0.25, 0.3) is 0 Å². The molecule has 2 aliphatic rings. The van der Waals surface area contributed by atoms with Crippen LogP contribution in [0.4, 0.5) is 0 Å². The molecule has 2 fully saturated rings. The summed E-state index contributed by atoms with van der Waals surface area (Å²) in [5, 5.41) is 19.4. The maximum atomic E-state index is 10.1. The summed E-state index contributed by atoms with van der Waals surface area (Å²) < 4.78 is 23.6. The van der Waals surface area contributed by atoms with E-state index in [1.165, 1.54) is 0 Å². The number of ether oxygens (including phenoxy) is 4. The molecule has 0 radical (unpaired) electrons. The van der Waals surface area contributed by atoms with Crippen molar-refractivity contribution in [3.8, 4) is 0 Å². The second-order valence-electron chi connectivity index (χ2n) is 6.69. The Bertz CT molecular complexity index is 533. The molecule has 2 aliphatic heterocycles. The number of fused-ring (bicyclic) bond motifs is 1. The summed E-state index contributed by atoms with van der Waals surface area (Å²) in [4.78, 5) is 0. The molecule has 2 saturated heterocycles. The van der Waals surface area contributed by atoms with Crippen molar-refractivity contribution in [1.29, 1.82) is 0 Å². The molecule has 5 atom stereocenters. The highest BCUT2D eigenvalue weighted by atomic mass is 16.8. The van der Waals surface area contributed by atoms with Crippen molar-refractivity contribution in [3.63, 3.8) is 0 Å². The number of aliphatic hydroxyl groups excluding tert-OH is 2. The molecule has 6 heteroatoms. The summed E-state index contributed by atoms with van der Waals surface area (Å²) in [7, 11) is 0. The molecular weight excluding hydrogens is 300 g/mol. The minimum atomic E-state index is -1.07. The molecule has 2 N–H and O–H groups in total.